The minimum atomic E-state index is -0.133. The highest BCUT2D eigenvalue weighted by Crippen LogP contribution is 2.29. The lowest BCUT2D eigenvalue weighted by Crippen LogP contribution is -2.34. The molecule has 1 aliphatic heterocycles. The molecule has 5 heteroatoms. The summed E-state index contributed by atoms with van der Waals surface area (Å²) in [6, 6.07) is 22.9. The summed E-state index contributed by atoms with van der Waals surface area (Å²) in [5.74, 6) is 0.371. The average Bonchev–Trinajstić information content (AvgIpc) is 3.00. The SMILES string of the molecule is Cc1c(-c2ccccc2)oc2c(C(=O)N3CCN(C)c4ccccc4C3)cccc2c1=O. The normalized spacial score (nSPS) is 13.7. The molecule has 0 fully saturated rings. The first kappa shape index (κ1) is 20.1. The Kier molecular flexibility index (Phi) is 5.02. The fourth-order valence-electron chi connectivity index (χ4n) is 4.38. The standard InChI is InChI=1S/C27H24N2O3/c1-18-24(30)21-12-8-13-22(26(21)32-25(18)19-9-4-3-5-10-19)27(31)29-16-15-28(2)23-14-7-6-11-20(23)17-29/h3-14H,15-17H2,1-2H3. The van der Waals surface area contributed by atoms with Crippen LogP contribution in [0.2, 0.25) is 0 Å². The molecule has 0 N–H and O–H groups in total. The van der Waals surface area contributed by atoms with Crippen LogP contribution in [0, 0.1) is 6.92 Å². The maximum absolute atomic E-state index is 13.7. The third-order valence-electron chi connectivity index (χ3n) is 6.17. The highest BCUT2D eigenvalue weighted by atomic mass is 16.3. The minimum Gasteiger partial charge on any atom is -0.455 e. The van der Waals surface area contributed by atoms with Gasteiger partial charge in [0.25, 0.3) is 5.91 Å². The van der Waals surface area contributed by atoms with Crippen LogP contribution in [0.15, 0.2) is 82.0 Å². The maximum atomic E-state index is 13.7. The van der Waals surface area contributed by atoms with Crippen molar-refractivity contribution in [2.24, 2.45) is 0 Å². The molecule has 0 atom stereocenters. The molecule has 32 heavy (non-hydrogen) atoms. The van der Waals surface area contributed by atoms with E-state index in [2.05, 4.69) is 17.0 Å². The molecule has 0 unspecified atom stereocenters. The van der Waals surface area contributed by atoms with Crippen molar-refractivity contribution < 1.29 is 9.21 Å². The number of fused-ring (bicyclic) bond motifs is 2. The molecule has 5 rings (SSSR count). The first-order chi connectivity index (χ1) is 15.5. The minimum absolute atomic E-state index is 0.110. The van der Waals surface area contributed by atoms with Crippen molar-refractivity contribution in [3.8, 4) is 11.3 Å². The van der Waals surface area contributed by atoms with Crippen LogP contribution in [-0.2, 0) is 6.54 Å². The fourth-order valence-corrected chi connectivity index (χ4v) is 4.38. The smallest absolute Gasteiger partial charge is 0.258 e. The van der Waals surface area contributed by atoms with Gasteiger partial charge in [-0.05, 0) is 30.7 Å². The number of likely N-dealkylation sites (N-methyl/N-ethyl adjacent to an activating group) is 1. The molecule has 0 saturated heterocycles. The Labute approximate surface area is 186 Å². The number of nitrogens with zero attached hydrogens (tertiary/aromatic N) is 2. The summed E-state index contributed by atoms with van der Waals surface area (Å²) >= 11 is 0. The molecular formula is C27H24N2O3. The molecule has 0 radical (unpaired) electrons. The number of hydrogen-bond acceptors (Lipinski definition) is 4. The number of benzene rings is 3. The van der Waals surface area contributed by atoms with Crippen LogP contribution < -0.4 is 10.3 Å². The number of amides is 1. The van der Waals surface area contributed by atoms with Gasteiger partial charge in [0.15, 0.2) is 11.0 Å². The molecule has 2 heterocycles. The third-order valence-corrected chi connectivity index (χ3v) is 6.17. The summed E-state index contributed by atoms with van der Waals surface area (Å²) in [5, 5.41) is 0.431. The zero-order valence-corrected chi connectivity index (χ0v) is 18.2. The maximum Gasteiger partial charge on any atom is 0.258 e. The molecule has 3 aromatic carbocycles. The van der Waals surface area contributed by atoms with Crippen LogP contribution in [0.5, 0.6) is 0 Å². The van der Waals surface area contributed by atoms with Gasteiger partial charge in [0.1, 0.15) is 5.76 Å². The first-order valence-electron chi connectivity index (χ1n) is 10.7. The van der Waals surface area contributed by atoms with E-state index in [1.165, 1.54) is 0 Å². The Bertz CT molecular complexity index is 1380. The molecule has 1 aromatic heterocycles. The summed E-state index contributed by atoms with van der Waals surface area (Å²) in [5.41, 5.74) is 4.24. The van der Waals surface area contributed by atoms with Crippen molar-refractivity contribution in [2.45, 2.75) is 13.5 Å². The zero-order chi connectivity index (χ0) is 22.2. The molecule has 5 nitrogen and oxygen atoms in total. The van der Waals surface area contributed by atoms with E-state index in [-0.39, 0.29) is 11.3 Å². The van der Waals surface area contributed by atoms with Crippen molar-refractivity contribution in [1.29, 1.82) is 0 Å². The number of anilines is 1. The first-order valence-corrected chi connectivity index (χ1v) is 10.7. The Balaban J connectivity index is 1.62. The second-order valence-corrected chi connectivity index (χ2v) is 8.21. The van der Waals surface area contributed by atoms with Crippen LogP contribution in [0.25, 0.3) is 22.3 Å². The van der Waals surface area contributed by atoms with Gasteiger partial charge in [0.05, 0.1) is 10.9 Å². The van der Waals surface area contributed by atoms with Gasteiger partial charge in [-0.15, -0.1) is 0 Å². The second kappa shape index (κ2) is 8.00. The van der Waals surface area contributed by atoms with E-state index >= 15 is 0 Å². The molecule has 0 bridgehead atoms. The molecule has 160 valence electrons. The zero-order valence-electron chi connectivity index (χ0n) is 18.2. The largest absolute Gasteiger partial charge is 0.455 e. The molecule has 0 saturated carbocycles. The van der Waals surface area contributed by atoms with Crippen molar-refractivity contribution in [1.82, 2.24) is 4.90 Å². The van der Waals surface area contributed by atoms with Gasteiger partial charge >= 0.3 is 0 Å². The van der Waals surface area contributed by atoms with Crippen LogP contribution in [0.1, 0.15) is 21.5 Å². The van der Waals surface area contributed by atoms with Crippen molar-refractivity contribution >= 4 is 22.6 Å². The Morgan fingerprint density at radius 1 is 0.906 bits per heavy atom. The van der Waals surface area contributed by atoms with E-state index in [1.54, 1.807) is 25.1 Å². The predicted molar refractivity (Wildman–Crippen MR) is 127 cm³/mol. The van der Waals surface area contributed by atoms with Gasteiger partial charge < -0.3 is 14.2 Å². The monoisotopic (exact) mass is 424 g/mol. The number of para-hydroxylation sites is 2. The Hall–Kier alpha value is -3.86. The number of carbonyl (C=O) groups excluding carboxylic acids is 1. The summed E-state index contributed by atoms with van der Waals surface area (Å²) in [7, 11) is 2.04. The highest BCUT2D eigenvalue weighted by Gasteiger charge is 2.25. The highest BCUT2D eigenvalue weighted by molar-refractivity contribution is 6.05. The number of rotatable bonds is 2. The van der Waals surface area contributed by atoms with Gasteiger partial charge in [-0.2, -0.15) is 0 Å². The van der Waals surface area contributed by atoms with Crippen molar-refractivity contribution in [2.75, 3.05) is 25.0 Å². The summed E-state index contributed by atoms with van der Waals surface area (Å²) in [6.07, 6.45) is 0. The Morgan fingerprint density at radius 3 is 2.47 bits per heavy atom. The number of carbonyl (C=O) groups is 1. The van der Waals surface area contributed by atoms with E-state index in [4.69, 9.17) is 4.42 Å². The van der Waals surface area contributed by atoms with E-state index in [0.717, 1.165) is 23.4 Å². The summed E-state index contributed by atoms with van der Waals surface area (Å²) in [4.78, 5) is 30.8. The number of hydrogen-bond donors (Lipinski definition) is 0. The molecule has 0 aliphatic carbocycles. The second-order valence-electron chi connectivity index (χ2n) is 8.21. The van der Waals surface area contributed by atoms with E-state index in [0.29, 0.717) is 40.9 Å². The fraction of sp³-hybridized carbons (Fsp3) is 0.185. The van der Waals surface area contributed by atoms with E-state index < -0.39 is 0 Å². The topological polar surface area (TPSA) is 53.8 Å². The van der Waals surface area contributed by atoms with Gasteiger partial charge in [0.2, 0.25) is 0 Å². The van der Waals surface area contributed by atoms with Gasteiger partial charge in [-0.3, -0.25) is 9.59 Å². The van der Waals surface area contributed by atoms with Crippen LogP contribution >= 0.6 is 0 Å². The van der Waals surface area contributed by atoms with Gasteiger partial charge in [0, 0.05) is 43.5 Å². The summed E-state index contributed by atoms with van der Waals surface area (Å²) < 4.78 is 6.27. The lowest BCUT2D eigenvalue weighted by atomic mass is 10.0. The Morgan fingerprint density at radius 2 is 1.66 bits per heavy atom. The molecule has 1 amide bonds. The van der Waals surface area contributed by atoms with Crippen molar-refractivity contribution in [3.63, 3.8) is 0 Å². The van der Waals surface area contributed by atoms with Gasteiger partial charge in [-0.1, -0.05) is 54.6 Å². The van der Waals surface area contributed by atoms with Crippen LogP contribution in [0.3, 0.4) is 0 Å². The lowest BCUT2D eigenvalue weighted by Gasteiger charge is -2.21. The van der Waals surface area contributed by atoms with Crippen LogP contribution in [-0.4, -0.2) is 30.9 Å². The molecule has 0 spiro atoms. The lowest BCUT2D eigenvalue weighted by molar-refractivity contribution is 0.0752. The van der Waals surface area contributed by atoms with E-state index in [9.17, 15) is 9.59 Å². The van der Waals surface area contributed by atoms with Crippen LogP contribution in [0.4, 0.5) is 5.69 Å². The molecular weight excluding hydrogens is 400 g/mol. The van der Waals surface area contributed by atoms with E-state index in [1.807, 2.05) is 54.4 Å². The third kappa shape index (κ3) is 3.36. The molecule has 1 aliphatic rings. The quantitative estimate of drug-likeness (QED) is 0.461. The van der Waals surface area contributed by atoms with Crippen molar-refractivity contribution in [3.05, 3.63) is 99.7 Å². The predicted octanol–water partition coefficient (Wildman–Crippen LogP) is 4.86. The average molecular weight is 425 g/mol. The summed E-state index contributed by atoms with van der Waals surface area (Å²) in [6.45, 7) is 3.59. The molecule has 4 aromatic rings. The van der Waals surface area contributed by atoms with Gasteiger partial charge in [-0.25, -0.2) is 0 Å².